The second-order valence-electron chi connectivity index (χ2n) is 14.3. The third-order valence-electron chi connectivity index (χ3n) is 11.4. The zero-order chi connectivity index (χ0) is 35.3. The number of hydrogen-bond acceptors (Lipinski definition) is 2. The van der Waals surface area contributed by atoms with Crippen LogP contribution in [0.3, 0.4) is 0 Å². The van der Waals surface area contributed by atoms with Crippen molar-refractivity contribution in [1.29, 1.82) is 0 Å². The molecule has 0 spiro atoms. The molecule has 54 heavy (non-hydrogen) atoms. The summed E-state index contributed by atoms with van der Waals surface area (Å²) in [7, 11) is 0. The molecule has 2 aromatic heterocycles. The van der Waals surface area contributed by atoms with Crippen molar-refractivity contribution < 1.29 is 4.42 Å². The minimum Gasteiger partial charge on any atom is -0.455 e. The molecule has 2 heterocycles. The Kier molecular flexibility index (Phi) is 6.28. The van der Waals surface area contributed by atoms with Crippen molar-refractivity contribution in [3.05, 3.63) is 182 Å². The zero-order valence-electron chi connectivity index (χ0n) is 29.1. The SMILES string of the molecule is c1ccc2cc(-c3c4ccccc4c(-c4ccc(-c5cc6c7ccc8sc9ccccc9c8c7oc6c6ccccc56)cc4)c4ccccc34)ccc2c1. The molecule has 12 rings (SSSR count). The minimum absolute atomic E-state index is 0.952. The van der Waals surface area contributed by atoms with Crippen molar-refractivity contribution in [3.8, 4) is 33.4 Å². The van der Waals surface area contributed by atoms with Crippen LogP contribution < -0.4 is 0 Å². The lowest BCUT2D eigenvalue weighted by molar-refractivity contribution is 0.677. The summed E-state index contributed by atoms with van der Waals surface area (Å²) in [4.78, 5) is 0. The van der Waals surface area contributed by atoms with E-state index in [4.69, 9.17) is 4.42 Å². The Morgan fingerprint density at radius 1 is 0.315 bits per heavy atom. The van der Waals surface area contributed by atoms with E-state index in [1.54, 1.807) is 0 Å². The fourth-order valence-corrected chi connectivity index (χ4v) is 10.1. The van der Waals surface area contributed by atoms with Gasteiger partial charge in [0.05, 0.1) is 0 Å². The molecule has 0 bridgehead atoms. The maximum absolute atomic E-state index is 6.86. The third kappa shape index (κ3) is 4.26. The van der Waals surface area contributed by atoms with Crippen LogP contribution in [0.1, 0.15) is 0 Å². The van der Waals surface area contributed by atoms with E-state index >= 15 is 0 Å². The lowest BCUT2D eigenvalue weighted by Gasteiger charge is -2.18. The monoisotopic (exact) mass is 702 g/mol. The summed E-state index contributed by atoms with van der Waals surface area (Å²) >= 11 is 1.83. The molecule has 0 radical (unpaired) electrons. The summed E-state index contributed by atoms with van der Waals surface area (Å²) < 4.78 is 9.41. The molecule has 0 fully saturated rings. The quantitative estimate of drug-likeness (QED) is 0.167. The van der Waals surface area contributed by atoms with Crippen molar-refractivity contribution in [1.82, 2.24) is 0 Å². The van der Waals surface area contributed by atoms with Crippen LogP contribution in [-0.2, 0) is 0 Å². The highest BCUT2D eigenvalue weighted by Gasteiger charge is 2.20. The Hall–Kier alpha value is -6.74. The predicted molar refractivity (Wildman–Crippen MR) is 233 cm³/mol. The molecular formula is C52H30OS. The van der Waals surface area contributed by atoms with Gasteiger partial charge >= 0.3 is 0 Å². The van der Waals surface area contributed by atoms with E-state index in [0.29, 0.717) is 0 Å². The molecule has 250 valence electrons. The first-order valence-corrected chi connectivity index (χ1v) is 19.3. The first kappa shape index (κ1) is 29.8. The van der Waals surface area contributed by atoms with Gasteiger partial charge in [-0.25, -0.2) is 0 Å². The summed E-state index contributed by atoms with van der Waals surface area (Å²) in [5.74, 6) is 0. The first-order valence-electron chi connectivity index (χ1n) is 18.5. The van der Waals surface area contributed by atoms with Crippen molar-refractivity contribution in [3.63, 3.8) is 0 Å². The summed E-state index contributed by atoms with van der Waals surface area (Å²) in [6, 6.07) is 66.7. The average Bonchev–Trinajstić information content (AvgIpc) is 3.81. The van der Waals surface area contributed by atoms with Crippen molar-refractivity contribution >= 4 is 96.5 Å². The Bertz CT molecular complexity index is 3430. The normalized spacial score (nSPS) is 12.1. The van der Waals surface area contributed by atoms with Crippen molar-refractivity contribution in [2.24, 2.45) is 0 Å². The summed E-state index contributed by atoms with van der Waals surface area (Å²) in [6.45, 7) is 0. The van der Waals surface area contributed by atoms with Crippen LogP contribution in [0.2, 0.25) is 0 Å². The van der Waals surface area contributed by atoms with Gasteiger partial charge in [-0.15, -0.1) is 11.3 Å². The van der Waals surface area contributed by atoms with Crippen LogP contribution >= 0.6 is 11.3 Å². The molecule has 0 atom stereocenters. The van der Waals surface area contributed by atoms with Gasteiger partial charge in [0, 0.05) is 36.3 Å². The first-order chi connectivity index (χ1) is 26.8. The van der Waals surface area contributed by atoms with E-state index in [9.17, 15) is 0 Å². The Labute approximate surface area is 314 Å². The van der Waals surface area contributed by atoms with Crippen molar-refractivity contribution in [2.75, 3.05) is 0 Å². The second-order valence-corrected chi connectivity index (χ2v) is 15.4. The molecule has 0 amide bonds. The van der Waals surface area contributed by atoms with Crippen LogP contribution in [-0.4, -0.2) is 0 Å². The Morgan fingerprint density at radius 3 is 1.57 bits per heavy atom. The van der Waals surface area contributed by atoms with Crippen molar-refractivity contribution in [2.45, 2.75) is 0 Å². The largest absolute Gasteiger partial charge is 0.455 e. The number of furan rings is 1. The Balaban J connectivity index is 1.06. The maximum Gasteiger partial charge on any atom is 0.144 e. The molecule has 0 saturated carbocycles. The smallest absolute Gasteiger partial charge is 0.144 e. The Morgan fingerprint density at radius 2 is 0.852 bits per heavy atom. The van der Waals surface area contributed by atoms with E-state index in [0.717, 1.165) is 27.3 Å². The van der Waals surface area contributed by atoms with Crippen LogP contribution in [0.5, 0.6) is 0 Å². The van der Waals surface area contributed by atoms with Gasteiger partial charge in [-0.2, -0.15) is 0 Å². The van der Waals surface area contributed by atoms with E-state index < -0.39 is 0 Å². The molecule has 0 aliphatic carbocycles. The lowest BCUT2D eigenvalue weighted by atomic mass is 9.85. The second kappa shape index (κ2) is 11.4. The zero-order valence-corrected chi connectivity index (χ0v) is 30.0. The highest BCUT2D eigenvalue weighted by atomic mass is 32.1. The van der Waals surface area contributed by atoms with E-state index in [1.807, 2.05) is 11.3 Å². The highest BCUT2D eigenvalue weighted by molar-refractivity contribution is 7.26. The van der Waals surface area contributed by atoms with Gasteiger partial charge in [0.15, 0.2) is 0 Å². The summed E-state index contributed by atoms with van der Waals surface area (Å²) in [6.07, 6.45) is 0. The van der Waals surface area contributed by atoms with Crippen LogP contribution in [0.15, 0.2) is 186 Å². The molecule has 12 aromatic rings. The number of thiophene rings is 1. The topological polar surface area (TPSA) is 13.1 Å². The average molecular weight is 703 g/mol. The standard InChI is InChI=1S/C52H30OS/c1-2-12-34-29-35(26-21-31(34)11-1)49-39-16-6-4-14-37(39)48(38-15-5-7-17-40(38)49)33-24-22-32(23-25-33)44-30-45-42-27-28-47-50(43-19-9-10-20-46(43)54-47)52(42)53-51(45)41-18-8-3-13-36(41)44/h1-30H. The fourth-order valence-electron chi connectivity index (χ4n) is 9.01. The molecule has 0 aliphatic rings. The predicted octanol–water partition coefficient (Wildman–Crippen LogP) is 15.6. The van der Waals surface area contributed by atoms with Crippen LogP contribution in [0, 0.1) is 0 Å². The van der Waals surface area contributed by atoms with Crippen LogP contribution in [0.4, 0.5) is 0 Å². The molecule has 0 saturated heterocycles. The molecule has 0 aliphatic heterocycles. The van der Waals surface area contributed by atoms with Crippen LogP contribution in [0.25, 0.3) is 119 Å². The summed E-state index contributed by atoms with van der Waals surface area (Å²) in [5.41, 5.74) is 9.33. The van der Waals surface area contributed by atoms with E-state index in [-0.39, 0.29) is 0 Å². The van der Waals surface area contributed by atoms with Gasteiger partial charge in [0.1, 0.15) is 11.2 Å². The van der Waals surface area contributed by atoms with Gasteiger partial charge in [-0.1, -0.05) is 152 Å². The maximum atomic E-state index is 6.86. The lowest BCUT2D eigenvalue weighted by Crippen LogP contribution is -1.91. The van der Waals surface area contributed by atoms with Gasteiger partial charge in [0.2, 0.25) is 0 Å². The molecule has 10 aromatic carbocycles. The summed E-state index contributed by atoms with van der Waals surface area (Å²) in [5, 5.41) is 14.7. The molecular weight excluding hydrogens is 673 g/mol. The molecule has 2 heteroatoms. The molecule has 0 unspecified atom stereocenters. The minimum atomic E-state index is 0.952. The number of benzene rings is 10. The third-order valence-corrected chi connectivity index (χ3v) is 12.6. The van der Waals surface area contributed by atoms with E-state index in [2.05, 4.69) is 182 Å². The van der Waals surface area contributed by atoms with Gasteiger partial charge < -0.3 is 4.42 Å². The number of hydrogen-bond donors (Lipinski definition) is 0. The molecule has 0 N–H and O–H groups in total. The number of fused-ring (bicyclic) bond motifs is 12. The van der Waals surface area contributed by atoms with Gasteiger partial charge in [-0.3, -0.25) is 0 Å². The van der Waals surface area contributed by atoms with Gasteiger partial charge in [-0.05, 0) is 101 Å². The highest BCUT2D eigenvalue weighted by Crippen LogP contribution is 2.47. The fraction of sp³-hybridized carbons (Fsp3) is 0. The molecule has 1 nitrogen and oxygen atoms in total. The number of rotatable bonds is 3. The van der Waals surface area contributed by atoms with E-state index in [1.165, 1.54) is 91.3 Å². The van der Waals surface area contributed by atoms with Gasteiger partial charge in [0.25, 0.3) is 0 Å².